The fourth-order valence-corrected chi connectivity index (χ4v) is 0. The summed E-state index contributed by atoms with van der Waals surface area (Å²) < 4.78 is 17.3. The van der Waals surface area contributed by atoms with Gasteiger partial charge in [-0.25, -0.2) is 0 Å². The molecule has 0 aliphatic heterocycles. The zero-order valence-corrected chi connectivity index (χ0v) is 9.42. The van der Waals surface area contributed by atoms with Gasteiger partial charge in [0.05, 0.1) is 0 Å². The van der Waals surface area contributed by atoms with Crippen LogP contribution in [0.5, 0.6) is 0 Å². The average molecular weight is 230 g/mol. The van der Waals surface area contributed by atoms with Gasteiger partial charge in [0, 0.05) is 16.9 Å². The molecule has 74 valence electrons. The Kier molecular flexibility index (Phi) is 513. The van der Waals surface area contributed by atoms with Crippen molar-refractivity contribution in [1.82, 2.24) is 0 Å². The molecule has 0 aromatic carbocycles. The Morgan fingerprint density at radius 1 is 1.07 bits per heavy atom. The number of hydrogen-bond donors (Lipinski definition) is 2. The van der Waals surface area contributed by atoms with Gasteiger partial charge in [-0.2, -0.15) is 0 Å². The molecule has 0 aliphatic carbocycles. The van der Waals surface area contributed by atoms with Crippen LogP contribution in [0.15, 0.2) is 0 Å². The molecule has 12 radical (unpaired) electrons. The Labute approximate surface area is 132 Å². The van der Waals surface area contributed by atoms with Crippen molar-refractivity contribution in [1.29, 1.82) is 0 Å². The standard InChI is InChI=1S/3CH4.B2H2O3.B2.2B.2Mg.O.H2/c;;;3-1-2(4)5;1-2;;;;;;/h3*1H4;4-5H;;;;;;;1H/q;;;;;2*-1;;+2;;. The molecule has 0 aliphatic rings. The zero-order chi connectivity index (χ0) is 8.28. The first-order chi connectivity index (χ1) is 4.27. The van der Waals surface area contributed by atoms with Crippen LogP contribution in [0.3, 0.4) is 0 Å². The first-order valence-corrected chi connectivity index (χ1v) is 2.28. The second-order valence-corrected chi connectivity index (χ2v) is 0.550. The Balaban J connectivity index is -0.00000000380. The Morgan fingerprint density at radius 3 is 1.13 bits per heavy atom. The zero-order valence-electron chi connectivity index (χ0n) is 6.59. The second-order valence-electron chi connectivity index (χ2n) is 0.550. The van der Waals surface area contributed by atoms with Gasteiger partial charge in [-0.3, -0.25) is 0 Å². The summed E-state index contributed by atoms with van der Waals surface area (Å²) in [7, 11) is 6.23. The molecule has 15 heavy (non-hydrogen) atoms. The summed E-state index contributed by atoms with van der Waals surface area (Å²) in [6, 6.07) is 0. The second kappa shape index (κ2) is 109. The summed E-state index contributed by atoms with van der Waals surface area (Å²) in [6.45, 7) is 0. The average Bonchev–Trinajstić information content (AvgIpc) is 1.97. The Bertz CT molecular complexity index is 69.0. The van der Waals surface area contributed by atoms with Gasteiger partial charge in [0.1, 0.15) is 0 Å². The molecule has 4 nitrogen and oxygen atoms in total. The molecule has 0 aromatic rings. The summed E-state index contributed by atoms with van der Waals surface area (Å²) in [5.74, 6) is 0. The van der Waals surface area contributed by atoms with Gasteiger partial charge < -0.3 is 16.8 Å². The minimum absolute atomic E-state index is 0. The van der Waals surface area contributed by atoms with Crippen LogP contribution in [0.4, 0.5) is 0 Å². The van der Waals surface area contributed by atoms with E-state index in [0.29, 0.717) is 21.7 Å². The Morgan fingerprint density at radius 2 is 1.13 bits per heavy atom. The summed E-state index contributed by atoms with van der Waals surface area (Å²) >= 11 is 0.611. The van der Waals surface area contributed by atoms with E-state index in [9.17, 15) is 0 Å². The molecule has 0 heterocycles. The summed E-state index contributed by atoms with van der Waals surface area (Å²) in [5, 5.41) is 15.1. The van der Waals surface area contributed by atoms with Crippen molar-refractivity contribution in [3.63, 3.8) is 0 Å². The van der Waals surface area contributed by atoms with Crippen LogP contribution in [0.25, 0.3) is 0 Å². The van der Waals surface area contributed by atoms with E-state index in [1.165, 1.54) is 0 Å². The van der Waals surface area contributed by atoms with Gasteiger partial charge in [0.25, 0.3) is 0 Å². The van der Waals surface area contributed by atoms with Crippen molar-refractivity contribution < 1.29 is 19.4 Å². The van der Waals surface area contributed by atoms with Crippen LogP contribution in [0, 0.1) is 0 Å². The van der Waals surface area contributed by atoms with Crippen LogP contribution < -0.4 is 0 Å². The van der Waals surface area contributed by atoms with E-state index in [0.717, 1.165) is 0 Å². The molecule has 0 fully saturated rings. The molecule has 0 spiro atoms. The molecular formula is C3H16B6Mg2O4. The fourth-order valence-electron chi connectivity index (χ4n) is 0. The van der Waals surface area contributed by atoms with Gasteiger partial charge in [-0.05, 0) is 0 Å². The van der Waals surface area contributed by atoms with Gasteiger partial charge >= 0.3 is 76.7 Å². The van der Waals surface area contributed by atoms with E-state index in [1.54, 1.807) is 0 Å². The van der Waals surface area contributed by atoms with E-state index in [-0.39, 0.29) is 70.6 Å². The van der Waals surface area contributed by atoms with E-state index in [1.807, 2.05) is 0 Å². The van der Waals surface area contributed by atoms with Crippen LogP contribution in [-0.2, 0) is 7.88 Å². The molecule has 0 saturated carbocycles. The normalized spacial score (nSPS) is 2.67. The first-order valence-electron chi connectivity index (χ1n) is 1.71. The summed E-state index contributed by atoms with van der Waals surface area (Å²) in [5.41, 5.74) is 0. The quantitative estimate of drug-likeness (QED) is 0.499. The van der Waals surface area contributed by atoms with E-state index in [4.69, 9.17) is 17.9 Å². The molecule has 2 N–H and O–H groups in total. The molecule has 0 unspecified atom stereocenters. The van der Waals surface area contributed by atoms with E-state index >= 15 is 0 Å². The number of hydrogen-bond acceptors (Lipinski definition) is 4. The van der Waals surface area contributed by atoms with Gasteiger partial charge in [0.15, 0.2) is 0 Å². The predicted octanol–water partition coefficient (Wildman–Crippen LogP) is -2.24. The summed E-state index contributed by atoms with van der Waals surface area (Å²) in [4.78, 5) is 0. The maximum absolute atomic E-state index is 9.00. The van der Waals surface area contributed by atoms with E-state index < -0.39 is 7.01 Å². The Hall–Kier alpha value is 1.44. The molecule has 12 heteroatoms. The predicted molar refractivity (Wildman–Crippen MR) is 74.1 cm³/mol. The third kappa shape index (κ3) is 236. The molecule has 0 bridgehead atoms. The van der Waals surface area contributed by atoms with Crippen molar-refractivity contribution in [2.45, 2.75) is 22.3 Å². The van der Waals surface area contributed by atoms with Gasteiger partial charge in [0.2, 0.25) is 0 Å². The molecule has 0 amide bonds. The van der Waals surface area contributed by atoms with Crippen LogP contribution in [-0.4, -0.2) is 101 Å². The van der Waals surface area contributed by atoms with Crippen molar-refractivity contribution in [3.8, 4) is 0 Å². The van der Waals surface area contributed by atoms with Crippen LogP contribution >= 0.6 is 0 Å². The van der Waals surface area contributed by atoms with Crippen LogP contribution in [0.1, 0.15) is 23.7 Å². The van der Waals surface area contributed by atoms with Crippen molar-refractivity contribution >= 4 is 91.1 Å². The number of rotatable bonds is 1. The third-order valence-electron chi connectivity index (χ3n) is 0.122. The monoisotopic (exact) mass is 230 g/mol. The molecule has 0 saturated heterocycles. The van der Waals surface area contributed by atoms with Gasteiger partial charge in [-0.15, -0.1) is 0 Å². The first kappa shape index (κ1) is 70.8. The van der Waals surface area contributed by atoms with Crippen molar-refractivity contribution in [3.05, 3.63) is 0 Å². The SMILES string of the molecule is C.C.C.O=BB(O)O.[B-].[B-].[B][B].[HH].[Mg+2].[O]=[Mg]. The topological polar surface area (TPSA) is 74.6 Å². The van der Waals surface area contributed by atoms with Crippen LogP contribution in [0.2, 0.25) is 0 Å². The summed E-state index contributed by atoms with van der Waals surface area (Å²) in [6.07, 6.45) is 0. The molecule has 0 aromatic heterocycles. The molecular weight excluding hydrogens is 214 g/mol. The van der Waals surface area contributed by atoms with Crippen molar-refractivity contribution in [2.24, 2.45) is 0 Å². The van der Waals surface area contributed by atoms with Crippen molar-refractivity contribution in [2.75, 3.05) is 0 Å². The van der Waals surface area contributed by atoms with Gasteiger partial charge in [-0.1, -0.05) is 22.3 Å². The third-order valence-corrected chi connectivity index (χ3v) is 0.122. The molecule has 0 rings (SSSR count). The van der Waals surface area contributed by atoms with E-state index in [2.05, 4.69) is 15.5 Å². The maximum atomic E-state index is 9.00. The molecule has 0 atom stereocenters. The fraction of sp³-hybridized carbons (Fsp3) is 1.00. The minimum atomic E-state index is -1.80.